The second kappa shape index (κ2) is 5.77. The zero-order valence-electron chi connectivity index (χ0n) is 11.9. The summed E-state index contributed by atoms with van der Waals surface area (Å²) in [5, 5.41) is 0. The fourth-order valence-electron chi connectivity index (χ4n) is 2.06. The number of rotatable bonds is 3. The van der Waals surface area contributed by atoms with Gasteiger partial charge in [0.25, 0.3) is 10.0 Å². The van der Waals surface area contributed by atoms with Gasteiger partial charge in [-0.2, -0.15) is 0 Å². The predicted molar refractivity (Wildman–Crippen MR) is 85.6 cm³/mol. The second-order valence-corrected chi connectivity index (χ2v) is 7.46. The molecule has 21 heavy (non-hydrogen) atoms. The van der Waals surface area contributed by atoms with E-state index in [-0.39, 0.29) is 9.37 Å². The number of halogens is 2. The number of hydrogen-bond acceptors (Lipinski definition) is 2. The highest BCUT2D eigenvalue weighted by Gasteiger charge is 2.18. The van der Waals surface area contributed by atoms with Crippen molar-refractivity contribution in [2.45, 2.75) is 25.7 Å². The van der Waals surface area contributed by atoms with Gasteiger partial charge in [0.05, 0.1) is 15.1 Å². The molecule has 1 N–H and O–H groups in total. The maximum Gasteiger partial charge on any atom is 0.262 e. The van der Waals surface area contributed by atoms with Gasteiger partial charge in [0.1, 0.15) is 5.82 Å². The van der Waals surface area contributed by atoms with Gasteiger partial charge in [-0.25, -0.2) is 12.8 Å². The minimum atomic E-state index is -3.71. The van der Waals surface area contributed by atoms with E-state index in [4.69, 9.17) is 0 Å². The van der Waals surface area contributed by atoms with Crippen LogP contribution in [0, 0.1) is 26.6 Å². The average Bonchev–Trinajstić information content (AvgIpc) is 2.35. The van der Waals surface area contributed by atoms with Crippen molar-refractivity contribution in [1.29, 1.82) is 0 Å². The van der Waals surface area contributed by atoms with Crippen LogP contribution in [0.1, 0.15) is 16.7 Å². The molecule has 0 aromatic heterocycles. The first-order valence-electron chi connectivity index (χ1n) is 6.26. The molecule has 0 saturated heterocycles. The van der Waals surface area contributed by atoms with E-state index < -0.39 is 15.8 Å². The van der Waals surface area contributed by atoms with Gasteiger partial charge in [-0.3, -0.25) is 4.72 Å². The van der Waals surface area contributed by atoms with Crippen LogP contribution < -0.4 is 4.72 Å². The van der Waals surface area contributed by atoms with E-state index >= 15 is 0 Å². The van der Waals surface area contributed by atoms with Crippen LogP contribution in [-0.2, 0) is 10.0 Å². The van der Waals surface area contributed by atoms with Gasteiger partial charge < -0.3 is 0 Å². The highest BCUT2D eigenvalue weighted by Crippen LogP contribution is 2.27. The van der Waals surface area contributed by atoms with E-state index in [9.17, 15) is 12.8 Å². The summed E-state index contributed by atoms with van der Waals surface area (Å²) in [5.41, 5.74) is 2.53. The first-order chi connectivity index (χ1) is 9.70. The van der Waals surface area contributed by atoms with Gasteiger partial charge in [-0.15, -0.1) is 0 Å². The maximum atomic E-state index is 13.4. The highest BCUT2D eigenvalue weighted by atomic mass is 79.9. The van der Waals surface area contributed by atoms with Crippen LogP contribution in [0.25, 0.3) is 0 Å². The molecule has 0 atom stereocenters. The SMILES string of the molecule is Cc1ccc(S(=O)(=O)Nc2cc(Br)c(F)cc2C)c(C)c1. The zero-order chi connectivity index (χ0) is 15.8. The minimum absolute atomic E-state index is 0.214. The lowest BCUT2D eigenvalue weighted by atomic mass is 10.2. The summed E-state index contributed by atoms with van der Waals surface area (Å²) in [7, 11) is -3.71. The fourth-order valence-corrected chi connectivity index (χ4v) is 3.75. The Balaban J connectivity index is 2.45. The third-order valence-corrected chi connectivity index (χ3v) is 5.26. The van der Waals surface area contributed by atoms with E-state index in [2.05, 4.69) is 20.7 Å². The number of aryl methyl sites for hydroxylation is 3. The maximum absolute atomic E-state index is 13.4. The zero-order valence-corrected chi connectivity index (χ0v) is 14.3. The molecular formula is C15H15BrFNO2S. The molecule has 0 spiro atoms. The molecule has 0 aliphatic rings. The highest BCUT2D eigenvalue weighted by molar-refractivity contribution is 9.10. The van der Waals surface area contributed by atoms with E-state index in [0.29, 0.717) is 16.8 Å². The van der Waals surface area contributed by atoms with Crippen molar-refractivity contribution in [1.82, 2.24) is 0 Å². The molecule has 0 unspecified atom stereocenters. The van der Waals surface area contributed by atoms with Gasteiger partial charge in [0.2, 0.25) is 0 Å². The van der Waals surface area contributed by atoms with Gasteiger partial charge in [0, 0.05) is 0 Å². The van der Waals surface area contributed by atoms with Crippen molar-refractivity contribution in [3.05, 3.63) is 57.3 Å². The van der Waals surface area contributed by atoms with Crippen molar-refractivity contribution < 1.29 is 12.8 Å². The normalized spacial score (nSPS) is 11.5. The standard InChI is InChI=1S/C15H15BrFNO2S/c1-9-4-5-15(11(3)6-9)21(19,20)18-14-8-12(16)13(17)7-10(14)2/h4-8,18H,1-3H3. The lowest BCUT2D eigenvalue weighted by Gasteiger charge is -2.13. The second-order valence-electron chi connectivity index (χ2n) is 4.96. The molecule has 3 nitrogen and oxygen atoms in total. The summed E-state index contributed by atoms with van der Waals surface area (Å²) in [6.07, 6.45) is 0. The van der Waals surface area contributed by atoms with Crippen molar-refractivity contribution in [3.8, 4) is 0 Å². The van der Waals surface area contributed by atoms with Crippen LogP contribution >= 0.6 is 15.9 Å². The Morgan fingerprint density at radius 1 is 1.05 bits per heavy atom. The topological polar surface area (TPSA) is 46.2 Å². The molecule has 2 rings (SSSR count). The molecule has 0 bridgehead atoms. The number of hydrogen-bond donors (Lipinski definition) is 1. The van der Waals surface area contributed by atoms with Crippen molar-refractivity contribution in [2.75, 3.05) is 4.72 Å². The number of nitrogens with one attached hydrogen (secondary N) is 1. The third-order valence-electron chi connectivity index (χ3n) is 3.13. The summed E-state index contributed by atoms with van der Waals surface area (Å²) < 4.78 is 41.0. The molecule has 0 aliphatic carbocycles. The van der Waals surface area contributed by atoms with Gasteiger partial charge in [-0.05, 0) is 66.0 Å². The van der Waals surface area contributed by atoms with E-state index in [0.717, 1.165) is 5.56 Å². The first-order valence-corrected chi connectivity index (χ1v) is 8.54. The minimum Gasteiger partial charge on any atom is -0.279 e. The number of anilines is 1. The Morgan fingerprint density at radius 2 is 1.71 bits per heavy atom. The summed E-state index contributed by atoms with van der Waals surface area (Å²) in [5.74, 6) is -0.429. The van der Waals surface area contributed by atoms with Crippen LogP contribution in [0.2, 0.25) is 0 Å². The van der Waals surface area contributed by atoms with Crippen LogP contribution in [0.3, 0.4) is 0 Å². The monoisotopic (exact) mass is 371 g/mol. The van der Waals surface area contributed by atoms with Gasteiger partial charge in [0.15, 0.2) is 0 Å². The van der Waals surface area contributed by atoms with Crippen LogP contribution in [0.4, 0.5) is 10.1 Å². The van der Waals surface area contributed by atoms with Crippen LogP contribution in [-0.4, -0.2) is 8.42 Å². The molecule has 6 heteroatoms. The number of benzene rings is 2. The Kier molecular flexibility index (Phi) is 4.39. The number of sulfonamides is 1. The molecule has 0 heterocycles. The lowest BCUT2D eigenvalue weighted by molar-refractivity contribution is 0.600. The molecule has 0 aliphatic heterocycles. The lowest BCUT2D eigenvalue weighted by Crippen LogP contribution is -2.15. The van der Waals surface area contributed by atoms with E-state index in [1.807, 2.05) is 13.0 Å². The summed E-state index contributed by atoms with van der Waals surface area (Å²) in [6.45, 7) is 5.29. The average molecular weight is 372 g/mol. The van der Waals surface area contributed by atoms with E-state index in [1.165, 1.54) is 12.1 Å². The van der Waals surface area contributed by atoms with Crippen LogP contribution in [0.15, 0.2) is 39.7 Å². The van der Waals surface area contributed by atoms with Gasteiger partial charge >= 0.3 is 0 Å². The smallest absolute Gasteiger partial charge is 0.262 e. The molecule has 0 radical (unpaired) electrons. The Bertz CT molecular complexity index is 804. The molecular weight excluding hydrogens is 357 g/mol. The van der Waals surface area contributed by atoms with Crippen molar-refractivity contribution in [2.24, 2.45) is 0 Å². The largest absolute Gasteiger partial charge is 0.279 e. The molecule has 0 saturated carbocycles. The third kappa shape index (κ3) is 3.44. The molecule has 0 amide bonds. The van der Waals surface area contributed by atoms with Crippen LogP contribution in [0.5, 0.6) is 0 Å². The predicted octanol–water partition coefficient (Wildman–Crippen LogP) is 4.31. The fraction of sp³-hybridized carbons (Fsp3) is 0.200. The summed E-state index contributed by atoms with van der Waals surface area (Å²) in [6, 6.07) is 7.83. The summed E-state index contributed by atoms with van der Waals surface area (Å²) >= 11 is 3.06. The molecule has 0 fully saturated rings. The van der Waals surface area contributed by atoms with Gasteiger partial charge in [-0.1, -0.05) is 17.7 Å². The first kappa shape index (κ1) is 16.0. The quantitative estimate of drug-likeness (QED) is 0.873. The van der Waals surface area contributed by atoms with Crippen molar-refractivity contribution >= 4 is 31.6 Å². The van der Waals surface area contributed by atoms with E-state index in [1.54, 1.807) is 26.0 Å². The molecule has 2 aromatic rings. The Hall–Kier alpha value is -1.40. The summed E-state index contributed by atoms with van der Waals surface area (Å²) in [4.78, 5) is 0.216. The van der Waals surface area contributed by atoms with Crippen molar-refractivity contribution in [3.63, 3.8) is 0 Å². The molecule has 2 aromatic carbocycles. The molecule has 112 valence electrons. The Morgan fingerprint density at radius 3 is 2.33 bits per heavy atom. The Labute approximate surface area is 132 Å².